The fourth-order valence-electron chi connectivity index (χ4n) is 9.35. The topological polar surface area (TPSA) is 78.9 Å². The molecule has 0 aromatic rings. The van der Waals surface area contributed by atoms with Crippen LogP contribution in [-0.2, 0) is 28.6 Å². The van der Waals surface area contributed by atoms with E-state index in [9.17, 15) is 14.4 Å². The summed E-state index contributed by atoms with van der Waals surface area (Å²) in [5.74, 6) is 1.66. The Morgan fingerprint density at radius 1 is 0.254 bits per heavy atom. The zero-order chi connectivity index (χ0) is 49.1. The number of carbonyl (C=O) groups is 3. The molecule has 0 spiro atoms. The Kier molecular flexibility index (Phi) is 51.0. The third kappa shape index (κ3) is 55.2. The van der Waals surface area contributed by atoms with Gasteiger partial charge in [0, 0.05) is 19.3 Å². The van der Waals surface area contributed by atoms with Gasteiger partial charge in [-0.05, 0) is 37.0 Å². The van der Waals surface area contributed by atoms with Crippen LogP contribution in [0.3, 0.4) is 0 Å². The van der Waals surface area contributed by atoms with Crippen LogP contribution >= 0.6 is 0 Å². The summed E-state index contributed by atoms with van der Waals surface area (Å²) in [6.07, 6.45) is 55.4. The minimum atomic E-state index is -0.764. The van der Waals surface area contributed by atoms with Crippen molar-refractivity contribution in [1.29, 1.82) is 0 Å². The molecule has 0 fully saturated rings. The predicted molar refractivity (Wildman–Crippen MR) is 289 cm³/mol. The Balaban J connectivity index is 4.23. The van der Waals surface area contributed by atoms with Crippen LogP contribution in [0, 0.1) is 17.8 Å². The van der Waals surface area contributed by atoms with E-state index < -0.39 is 6.10 Å². The summed E-state index contributed by atoms with van der Waals surface area (Å²) in [5.41, 5.74) is 0. The number of ether oxygens (including phenoxy) is 3. The van der Waals surface area contributed by atoms with Crippen molar-refractivity contribution in [3.05, 3.63) is 0 Å². The first-order valence-corrected chi connectivity index (χ1v) is 30.1. The first-order valence-electron chi connectivity index (χ1n) is 30.1. The van der Waals surface area contributed by atoms with Crippen LogP contribution in [0.25, 0.3) is 0 Å². The Labute approximate surface area is 418 Å². The van der Waals surface area contributed by atoms with E-state index in [0.717, 1.165) is 75.5 Å². The summed E-state index contributed by atoms with van der Waals surface area (Å²) in [4.78, 5) is 38.2. The highest BCUT2D eigenvalue weighted by molar-refractivity contribution is 5.71. The highest BCUT2D eigenvalue weighted by atomic mass is 16.6. The largest absolute Gasteiger partial charge is 0.462 e. The van der Waals surface area contributed by atoms with Crippen LogP contribution in [0.15, 0.2) is 0 Å². The molecule has 6 heteroatoms. The van der Waals surface area contributed by atoms with Crippen molar-refractivity contribution in [3.8, 4) is 0 Å². The molecule has 0 unspecified atom stereocenters. The van der Waals surface area contributed by atoms with Crippen molar-refractivity contribution in [2.45, 2.75) is 343 Å². The second-order valence-corrected chi connectivity index (χ2v) is 22.4. The quantitative estimate of drug-likeness (QED) is 0.0343. The number of carbonyl (C=O) groups excluding carboxylic acids is 3. The lowest BCUT2D eigenvalue weighted by molar-refractivity contribution is -0.167. The molecule has 6 nitrogen and oxygen atoms in total. The van der Waals surface area contributed by atoms with E-state index >= 15 is 0 Å². The minimum Gasteiger partial charge on any atom is -0.462 e. The normalized spacial score (nSPS) is 12.1. The van der Waals surface area contributed by atoms with Gasteiger partial charge in [-0.25, -0.2) is 0 Å². The molecule has 1 atom stereocenters. The van der Waals surface area contributed by atoms with Gasteiger partial charge in [-0.3, -0.25) is 14.4 Å². The molecule has 0 amide bonds. The molecule has 0 rings (SSSR count). The fraction of sp³-hybridized carbons (Fsp3) is 0.951. The average molecular weight is 948 g/mol. The standard InChI is InChI=1S/C61H118O6/c1-55(2)47-41-35-29-23-19-15-11-9-7-8-10-12-17-21-25-32-38-44-50-59(62)65-53-58(54-66-60(63)51-45-39-33-28-27-31-37-43-49-57(5)6)67-61(64)52-46-40-34-26-22-18-14-13-16-20-24-30-36-42-48-56(3)4/h55-58H,7-54H2,1-6H3/t58-/m0/s1. The van der Waals surface area contributed by atoms with Crippen molar-refractivity contribution in [2.75, 3.05) is 13.2 Å². The number of unbranched alkanes of at least 4 members (excludes halogenated alkanes) is 37. The van der Waals surface area contributed by atoms with Crippen LogP contribution in [-0.4, -0.2) is 37.2 Å². The lowest BCUT2D eigenvalue weighted by Gasteiger charge is -2.18. The monoisotopic (exact) mass is 947 g/mol. The SMILES string of the molecule is CC(C)CCCCCCCCCCCCCCCCCCCCC(=O)OC[C@@H](COC(=O)CCCCCCCCCCC(C)C)OC(=O)CCCCCCCCCCCCCCCCC(C)C. The maximum absolute atomic E-state index is 12.9. The number of hydrogen-bond donors (Lipinski definition) is 0. The molecule has 0 aromatic carbocycles. The van der Waals surface area contributed by atoms with E-state index in [1.807, 2.05) is 0 Å². The summed E-state index contributed by atoms with van der Waals surface area (Å²) in [5, 5.41) is 0. The Morgan fingerprint density at radius 3 is 0.642 bits per heavy atom. The van der Waals surface area contributed by atoms with Crippen molar-refractivity contribution in [3.63, 3.8) is 0 Å². The van der Waals surface area contributed by atoms with E-state index in [2.05, 4.69) is 41.5 Å². The van der Waals surface area contributed by atoms with Crippen LogP contribution in [0.4, 0.5) is 0 Å². The van der Waals surface area contributed by atoms with Crippen LogP contribution in [0.2, 0.25) is 0 Å². The van der Waals surface area contributed by atoms with Gasteiger partial charge in [0.15, 0.2) is 6.10 Å². The van der Waals surface area contributed by atoms with Gasteiger partial charge in [-0.15, -0.1) is 0 Å². The summed E-state index contributed by atoms with van der Waals surface area (Å²) < 4.78 is 16.9. The Morgan fingerprint density at radius 2 is 0.433 bits per heavy atom. The lowest BCUT2D eigenvalue weighted by Crippen LogP contribution is -2.30. The van der Waals surface area contributed by atoms with Gasteiger partial charge >= 0.3 is 17.9 Å². The summed E-state index contributed by atoms with van der Waals surface area (Å²) in [6, 6.07) is 0. The van der Waals surface area contributed by atoms with Gasteiger partial charge in [0.25, 0.3) is 0 Å². The first kappa shape index (κ1) is 65.4. The molecule has 0 saturated heterocycles. The van der Waals surface area contributed by atoms with Crippen LogP contribution < -0.4 is 0 Å². The molecule has 398 valence electrons. The van der Waals surface area contributed by atoms with Gasteiger partial charge in [-0.1, -0.05) is 298 Å². The van der Waals surface area contributed by atoms with Crippen molar-refractivity contribution < 1.29 is 28.6 Å². The van der Waals surface area contributed by atoms with Crippen molar-refractivity contribution in [2.24, 2.45) is 17.8 Å². The van der Waals surface area contributed by atoms with Crippen LogP contribution in [0.5, 0.6) is 0 Å². The van der Waals surface area contributed by atoms with Gasteiger partial charge < -0.3 is 14.2 Å². The van der Waals surface area contributed by atoms with E-state index in [1.165, 1.54) is 218 Å². The molecule has 0 aliphatic heterocycles. The Hall–Kier alpha value is -1.59. The molecule has 0 aliphatic carbocycles. The van der Waals surface area contributed by atoms with Crippen molar-refractivity contribution >= 4 is 17.9 Å². The third-order valence-electron chi connectivity index (χ3n) is 13.9. The molecule has 0 radical (unpaired) electrons. The smallest absolute Gasteiger partial charge is 0.306 e. The molecule has 67 heavy (non-hydrogen) atoms. The van der Waals surface area contributed by atoms with E-state index in [1.54, 1.807) is 0 Å². The summed E-state index contributed by atoms with van der Waals surface area (Å²) in [6.45, 7) is 13.8. The molecular formula is C61H118O6. The second-order valence-electron chi connectivity index (χ2n) is 22.4. The van der Waals surface area contributed by atoms with E-state index in [-0.39, 0.29) is 31.1 Å². The maximum Gasteiger partial charge on any atom is 0.306 e. The highest BCUT2D eigenvalue weighted by Crippen LogP contribution is 2.19. The van der Waals surface area contributed by atoms with Gasteiger partial charge in [0.1, 0.15) is 13.2 Å². The van der Waals surface area contributed by atoms with E-state index in [4.69, 9.17) is 14.2 Å². The number of rotatable bonds is 54. The molecular weight excluding hydrogens is 829 g/mol. The van der Waals surface area contributed by atoms with Gasteiger partial charge in [0.05, 0.1) is 0 Å². The number of esters is 3. The number of hydrogen-bond acceptors (Lipinski definition) is 6. The molecule has 0 bridgehead atoms. The van der Waals surface area contributed by atoms with Gasteiger partial charge in [0.2, 0.25) is 0 Å². The predicted octanol–water partition coefficient (Wildman–Crippen LogP) is 19.9. The molecule has 0 heterocycles. The molecule has 0 aliphatic rings. The fourth-order valence-corrected chi connectivity index (χ4v) is 9.35. The molecule has 0 saturated carbocycles. The summed E-state index contributed by atoms with van der Waals surface area (Å²) >= 11 is 0. The third-order valence-corrected chi connectivity index (χ3v) is 13.9. The Bertz CT molecular complexity index is 1040. The van der Waals surface area contributed by atoms with E-state index in [0.29, 0.717) is 19.3 Å². The minimum absolute atomic E-state index is 0.0635. The average Bonchev–Trinajstić information content (AvgIpc) is 3.29. The molecule has 0 N–H and O–H groups in total. The summed E-state index contributed by atoms with van der Waals surface area (Å²) in [7, 11) is 0. The molecule has 0 aromatic heterocycles. The zero-order valence-electron chi connectivity index (χ0n) is 46.2. The van der Waals surface area contributed by atoms with Crippen LogP contribution in [0.1, 0.15) is 337 Å². The maximum atomic E-state index is 12.9. The van der Waals surface area contributed by atoms with Gasteiger partial charge in [-0.2, -0.15) is 0 Å². The zero-order valence-corrected chi connectivity index (χ0v) is 46.2. The highest BCUT2D eigenvalue weighted by Gasteiger charge is 2.19. The van der Waals surface area contributed by atoms with Crippen molar-refractivity contribution in [1.82, 2.24) is 0 Å². The second kappa shape index (κ2) is 52.2. The lowest BCUT2D eigenvalue weighted by atomic mass is 10.0. The first-order chi connectivity index (χ1) is 32.6.